The molecule has 100 valence electrons. The third-order valence-corrected chi connectivity index (χ3v) is 4.28. The fourth-order valence-electron chi connectivity index (χ4n) is 3.02. The Hall–Kier alpha value is -0.980. The third-order valence-electron chi connectivity index (χ3n) is 4.28. The molecule has 1 aliphatic carbocycles. The summed E-state index contributed by atoms with van der Waals surface area (Å²) < 4.78 is 0. The molecule has 1 heteroatoms. The second kappa shape index (κ2) is 6.26. The zero-order valence-corrected chi connectivity index (χ0v) is 12.1. The summed E-state index contributed by atoms with van der Waals surface area (Å²) in [4.78, 5) is 0. The van der Waals surface area contributed by atoms with E-state index in [-0.39, 0.29) is 0 Å². The van der Waals surface area contributed by atoms with E-state index in [9.17, 15) is 0 Å². The first-order valence-electron chi connectivity index (χ1n) is 7.55. The largest absolute Gasteiger partial charge is 0.382 e. The summed E-state index contributed by atoms with van der Waals surface area (Å²) in [5.74, 6) is 1.55. The van der Waals surface area contributed by atoms with E-state index >= 15 is 0 Å². The smallest absolute Gasteiger partial charge is 0.0345 e. The van der Waals surface area contributed by atoms with Gasteiger partial charge >= 0.3 is 0 Å². The van der Waals surface area contributed by atoms with Gasteiger partial charge in [-0.2, -0.15) is 0 Å². The summed E-state index contributed by atoms with van der Waals surface area (Å²) in [6.07, 6.45) is 6.84. The molecule has 0 radical (unpaired) electrons. The Morgan fingerprint density at radius 1 is 1.28 bits per heavy atom. The lowest BCUT2D eigenvalue weighted by Gasteiger charge is -2.30. The van der Waals surface area contributed by atoms with E-state index in [0.717, 1.165) is 5.92 Å². The molecule has 0 spiro atoms. The zero-order chi connectivity index (χ0) is 13.0. The van der Waals surface area contributed by atoms with Crippen molar-refractivity contribution in [3.8, 4) is 0 Å². The zero-order valence-electron chi connectivity index (χ0n) is 12.1. The summed E-state index contributed by atoms with van der Waals surface area (Å²) in [7, 11) is 0. The molecule has 2 unspecified atom stereocenters. The van der Waals surface area contributed by atoms with E-state index in [1.54, 1.807) is 0 Å². The van der Waals surface area contributed by atoms with Crippen molar-refractivity contribution in [1.82, 2.24) is 0 Å². The number of rotatable bonds is 4. The second-order valence-electron chi connectivity index (χ2n) is 6.06. The molecule has 2 rings (SSSR count). The van der Waals surface area contributed by atoms with E-state index in [1.807, 2.05) is 0 Å². The molecule has 0 amide bonds. The van der Waals surface area contributed by atoms with E-state index in [4.69, 9.17) is 0 Å². The van der Waals surface area contributed by atoms with Gasteiger partial charge in [-0.3, -0.25) is 0 Å². The summed E-state index contributed by atoms with van der Waals surface area (Å²) in [6.45, 7) is 6.84. The minimum Gasteiger partial charge on any atom is -0.382 e. The monoisotopic (exact) mass is 245 g/mol. The fourth-order valence-corrected chi connectivity index (χ4v) is 3.02. The normalized spacial score (nSPS) is 24.2. The predicted octanol–water partition coefficient (Wildman–Crippen LogP) is 5.19. The molecule has 2 atom stereocenters. The standard InChI is InChI=1S/C17H27N/c1-4-14-7-5-9-16(11-14)18-17-10-6-8-15(12-17)13(2)3/h6,8,10,12-14,16,18H,4-5,7,9,11H2,1-3H3. The number of nitrogens with one attached hydrogen (secondary N) is 1. The molecule has 0 heterocycles. The van der Waals surface area contributed by atoms with Gasteiger partial charge < -0.3 is 5.32 Å². The molecule has 0 aliphatic heterocycles. The molecule has 0 saturated heterocycles. The van der Waals surface area contributed by atoms with Crippen molar-refractivity contribution >= 4 is 5.69 Å². The van der Waals surface area contributed by atoms with E-state index < -0.39 is 0 Å². The lowest BCUT2D eigenvalue weighted by Crippen LogP contribution is -2.27. The van der Waals surface area contributed by atoms with Crippen LogP contribution < -0.4 is 5.32 Å². The molecule has 1 saturated carbocycles. The van der Waals surface area contributed by atoms with E-state index in [0.29, 0.717) is 12.0 Å². The molecule has 1 nitrogen and oxygen atoms in total. The highest BCUT2D eigenvalue weighted by molar-refractivity contribution is 5.47. The number of anilines is 1. The van der Waals surface area contributed by atoms with Crippen LogP contribution >= 0.6 is 0 Å². The van der Waals surface area contributed by atoms with Crippen LogP contribution in [-0.4, -0.2) is 6.04 Å². The van der Waals surface area contributed by atoms with Crippen LogP contribution in [0.2, 0.25) is 0 Å². The molecule has 18 heavy (non-hydrogen) atoms. The molecular weight excluding hydrogens is 218 g/mol. The van der Waals surface area contributed by atoms with Crippen molar-refractivity contribution in [3.63, 3.8) is 0 Å². The Bertz CT molecular complexity index is 370. The van der Waals surface area contributed by atoms with Gasteiger partial charge in [-0.1, -0.05) is 52.2 Å². The molecule has 1 aromatic carbocycles. The lowest BCUT2D eigenvalue weighted by atomic mass is 9.84. The first-order valence-corrected chi connectivity index (χ1v) is 7.55. The van der Waals surface area contributed by atoms with Crippen LogP contribution in [0.4, 0.5) is 5.69 Å². The van der Waals surface area contributed by atoms with E-state index in [1.165, 1.54) is 43.4 Å². The van der Waals surface area contributed by atoms with Crippen LogP contribution in [0.5, 0.6) is 0 Å². The van der Waals surface area contributed by atoms with Crippen LogP contribution in [0.3, 0.4) is 0 Å². The Kier molecular flexibility index (Phi) is 4.68. The topological polar surface area (TPSA) is 12.0 Å². The SMILES string of the molecule is CCC1CCCC(Nc2cccc(C(C)C)c2)C1. The summed E-state index contributed by atoms with van der Waals surface area (Å²) in [5.41, 5.74) is 2.74. The van der Waals surface area contributed by atoms with Crippen molar-refractivity contribution in [1.29, 1.82) is 0 Å². The maximum atomic E-state index is 3.74. The number of hydrogen-bond donors (Lipinski definition) is 1. The predicted molar refractivity (Wildman–Crippen MR) is 80.2 cm³/mol. The molecule has 1 aromatic rings. The van der Waals surface area contributed by atoms with Gasteiger partial charge in [-0.15, -0.1) is 0 Å². The van der Waals surface area contributed by atoms with Crippen molar-refractivity contribution in [2.45, 2.75) is 64.8 Å². The number of benzene rings is 1. The number of hydrogen-bond acceptors (Lipinski definition) is 1. The maximum Gasteiger partial charge on any atom is 0.0345 e. The lowest BCUT2D eigenvalue weighted by molar-refractivity contribution is 0.327. The van der Waals surface area contributed by atoms with Crippen LogP contribution in [-0.2, 0) is 0 Å². The summed E-state index contributed by atoms with van der Waals surface area (Å²) in [6, 6.07) is 9.62. The van der Waals surface area contributed by atoms with Crippen molar-refractivity contribution in [2.24, 2.45) is 5.92 Å². The van der Waals surface area contributed by atoms with Crippen LogP contribution in [0.1, 0.15) is 64.4 Å². The van der Waals surface area contributed by atoms with Gasteiger partial charge in [-0.25, -0.2) is 0 Å². The van der Waals surface area contributed by atoms with Gasteiger partial charge in [0.05, 0.1) is 0 Å². The first-order chi connectivity index (χ1) is 8.69. The average molecular weight is 245 g/mol. The van der Waals surface area contributed by atoms with E-state index in [2.05, 4.69) is 50.4 Å². The van der Waals surface area contributed by atoms with Crippen LogP contribution in [0.15, 0.2) is 24.3 Å². The molecular formula is C17H27N. The Morgan fingerprint density at radius 3 is 2.83 bits per heavy atom. The maximum absolute atomic E-state index is 3.74. The van der Waals surface area contributed by atoms with Gasteiger partial charge in [0.2, 0.25) is 0 Å². The van der Waals surface area contributed by atoms with Gasteiger partial charge in [0, 0.05) is 11.7 Å². The average Bonchev–Trinajstić information content (AvgIpc) is 2.39. The first kappa shape index (κ1) is 13.5. The van der Waals surface area contributed by atoms with Crippen molar-refractivity contribution in [2.75, 3.05) is 5.32 Å². The fraction of sp³-hybridized carbons (Fsp3) is 0.647. The Labute approximate surface area is 112 Å². The highest BCUT2D eigenvalue weighted by atomic mass is 14.9. The molecule has 0 aromatic heterocycles. The summed E-state index contributed by atoms with van der Waals surface area (Å²) >= 11 is 0. The Balaban J connectivity index is 1.98. The molecule has 0 bridgehead atoms. The van der Waals surface area contributed by atoms with Gasteiger partial charge in [0.25, 0.3) is 0 Å². The van der Waals surface area contributed by atoms with Crippen molar-refractivity contribution in [3.05, 3.63) is 29.8 Å². The van der Waals surface area contributed by atoms with Gasteiger partial charge in [-0.05, 0) is 42.4 Å². The second-order valence-corrected chi connectivity index (χ2v) is 6.06. The van der Waals surface area contributed by atoms with Crippen LogP contribution in [0, 0.1) is 5.92 Å². The molecule has 1 aliphatic rings. The minimum atomic E-state index is 0.612. The summed E-state index contributed by atoms with van der Waals surface area (Å²) in [5, 5.41) is 3.74. The third kappa shape index (κ3) is 3.51. The van der Waals surface area contributed by atoms with Crippen LogP contribution in [0.25, 0.3) is 0 Å². The highest BCUT2D eigenvalue weighted by Crippen LogP contribution is 2.29. The van der Waals surface area contributed by atoms with Crippen molar-refractivity contribution < 1.29 is 0 Å². The molecule has 1 fully saturated rings. The van der Waals surface area contributed by atoms with Gasteiger partial charge in [0.1, 0.15) is 0 Å². The minimum absolute atomic E-state index is 0.612. The molecule has 1 N–H and O–H groups in total. The quantitative estimate of drug-likeness (QED) is 0.769. The Morgan fingerprint density at radius 2 is 2.11 bits per heavy atom. The van der Waals surface area contributed by atoms with Gasteiger partial charge in [0.15, 0.2) is 0 Å². The highest BCUT2D eigenvalue weighted by Gasteiger charge is 2.20.